The summed E-state index contributed by atoms with van der Waals surface area (Å²) in [5.41, 5.74) is 6.89. The van der Waals surface area contributed by atoms with Crippen LogP contribution in [0.5, 0.6) is 11.5 Å². The molecule has 0 bridgehead atoms. The molecule has 0 spiro atoms. The zero-order chi connectivity index (χ0) is 24.0. The van der Waals surface area contributed by atoms with Gasteiger partial charge in [-0.15, -0.1) is 0 Å². The lowest BCUT2D eigenvalue weighted by Crippen LogP contribution is -2.27. The Morgan fingerprint density at radius 3 is 2.71 bits per heavy atom. The molecule has 2 aliphatic rings. The maximum absolute atomic E-state index is 10.8. The molecular weight excluding hydrogens is 428 g/mol. The average molecular weight is 461 g/mol. The van der Waals surface area contributed by atoms with Gasteiger partial charge in [-0.3, -0.25) is 0 Å². The fourth-order valence-electron chi connectivity index (χ4n) is 5.01. The number of aromatic hydroxyl groups is 2. The summed E-state index contributed by atoms with van der Waals surface area (Å²) in [6, 6.07) is 9.86. The lowest BCUT2D eigenvalue weighted by molar-refractivity contribution is 0.0742. The van der Waals surface area contributed by atoms with Crippen LogP contribution in [-0.4, -0.2) is 44.4 Å². The molecule has 3 aromatic rings. The Hall–Kier alpha value is -3.32. The highest BCUT2D eigenvalue weighted by Gasteiger charge is 2.41. The van der Waals surface area contributed by atoms with Gasteiger partial charge < -0.3 is 24.9 Å². The molecule has 5 rings (SSSR count). The van der Waals surface area contributed by atoms with Crippen molar-refractivity contribution in [3.63, 3.8) is 0 Å². The van der Waals surface area contributed by atoms with Crippen LogP contribution in [0.1, 0.15) is 78.0 Å². The second kappa shape index (κ2) is 8.80. The standard InChI is InChI=1S/C27H32N4O3/c1-5-19-13-28-27(29-19)25-24(17-6-7-18-14-31(4)9-8-16(18)10-17)26(34-30-25)21-11-20(15(2)3)22(32)12-23(21)33/h6-7,10-13,15,24,26,32-33H,5,8-9,14H2,1-4H3,(H,28,29). The van der Waals surface area contributed by atoms with Gasteiger partial charge in [-0.1, -0.05) is 44.1 Å². The summed E-state index contributed by atoms with van der Waals surface area (Å²) in [4.78, 5) is 16.3. The van der Waals surface area contributed by atoms with Crippen LogP contribution in [-0.2, 0) is 24.2 Å². The molecule has 3 N–H and O–H groups in total. The number of imidazole rings is 1. The molecule has 0 radical (unpaired) electrons. The number of benzene rings is 2. The van der Waals surface area contributed by atoms with Gasteiger partial charge in [0.05, 0.1) is 5.92 Å². The zero-order valence-electron chi connectivity index (χ0n) is 20.2. The number of likely N-dealkylation sites (N-methyl/N-ethyl adjacent to an activating group) is 1. The highest BCUT2D eigenvalue weighted by molar-refractivity contribution is 6.03. The maximum atomic E-state index is 10.8. The Kier molecular flexibility index (Phi) is 5.81. The molecule has 0 saturated heterocycles. The van der Waals surface area contributed by atoms with Crippen molar-refractivity contribution in [1.82, 2.24) is 14.9 Å². The third-order valence-electron chi connectivity index (χ3n) is 7.01. The molecule has 0 saturated carbocycles. The molecule has 0 aliphatic carbocycles. The van der Waals surface area contributed by atoms with Crippen LogP contribution in [0.15, 0.2) is 41.7 Å². The van der Waals surface area contributed by atoms with Crippen molar-refractivity contribution in [3.05, 3.63) is 75.9 Å². The lowest BCUT2D eigenvalue weighted by Gasteiger charge is -2.27. The van der Waals surface area contributed by atoms with E-state index < -0.39 is 6.10 Å². The maximum Gasteiger partial charge on any atom is 0.168 e. The molecule has 0 amide bonds. The monoisotopic (exact) mass is 460 g/mol. The average Bonchev–Trinajstić information content (AvgIpc) is 3.45. The van der Waals surface area contributed by atoms with Gasteiger partial charge in [0.15, 0.2) is 11.9 Å². The predicted molar refractivity (Wildman–Crippen MR) is 131 cm³/mol. The fourth-order valence-corrected chi connectivity index (χ4v) is 5.01. The van der Waals surface area contributed by atoms with E-state index in [1.807, 2.05) is 26.1 Å². The minimum Gasteiger partial charge on any atom is -0.508 e. The Morgan fingerprint density at radius 2 is 1.97 bits per heavy atom. The first-order valence-corrected chi connectivity index (χ1v) is 12.0. The largest absolute Gasteiger partial charge is 0.508 e. The van der Waals surface area contributed by atoms with Gasteiger partial charge in [-0.05, 0) is 54.1 Å². The van der Waals surface area contributed by atoms with Crippen LogP contribution >= 0.6 is 0 Å². The van der Waals surface area contributed by atoms with Crippen LogP contribution in [0.3, 0.4) is 0 Å². The van der Waals surface area contributed by atoms with Crippen molar-refractivity contribution < 1.29 is 15.1 Å². The number of aromatic amines is 1. The molecule has 34 heavy (non-hydrogen) atoms. The molecule has 1 aromatic heterocycles. The summed E-state index contributed by atoms with van der Waals surface area (Å²) in [6.07, 6.45) is 3.14. The summed E-state index contributed by atoms with van der Waals surface area (Å²) < 4.78 is 0. The van der Waals surface area contributed by atoms with Crippen molar-refractivity contribution in [1.29, 1.82) is 0 Å². The second-order valence-electron chi connectivity index (χ2n) is 9.73. The molecular formula is C27H32N4O3. The number of fused-ring (bicyclic) bond motifs is 1. The van der Waals surface area contributed by atoms with Crippen LogP contribution in [0.25, 0.3) is 0 Å². The van der Waals surface area contributed by atoms with E-state index in [4.69, 9.17) is 4.84 Å². The summed E-state index contributed by atoms with van der Waals surface area (Å²) in [5, 5.41) is 25.7. The molecule has 7 heteroatoms. The third-order valence-corrected chi connectivity index (χ3v) is 7.01. The van der Waals surface area contributed by atoms with E-state index in [1.54, 1.807) is 0 Å². The Morgan fingerprint density at radius 1 is 1.15 bits per heavy atom. The summed E-state index contributed by atoms with van der Waals surface area (Å²) in [5.74, 6) is 0.614. The van der Waals surface area contributed by atoms with E-state index in [-0.39, 0.29) is 23.3 Å². The SMILES string of the molecule is CCc1cnc(C2=NOC(c3cc(C(C)C)c(O)cc3O)C2c2ccc3c(c2)CCN(C)C3)[nH]1. The second-order valence-corrected chi connectivity index (χ2v) is 9.73. The first kappa shape index (κ1) is 22.5. The number of nitrogens with zero attached hydrogens (tertiary/aromatic N) is 3. The Bertz CT molecular complexity index is 1250. The number of nitrogens with one attached hydrogen (secondary N) is 1. The van der Waals surface area contributed by atoms with Crippen LogP contribution < -0.4 is 0 Å². The van der Waals surface area contributed by atoms with Crippen molar-refractivity contribution in [2.45, 2.75) is 58.1 Å². The minimum atomic E-state index is -0.535. The topological polar surface area (TPSA) is 94.0 Å². The van der Waals surface area contributed by atoms with Crippen molar-refractivity contribution >= 4 is 5.71 Å². The van der Waals surface area contributed by atoms with Crippen molar-refractivity contribution in [2.24, 2.45) is 5.16 Å². The number of aryl methyl sites for hydroxylation is 1. The number of hydrogen-bond acceptors (Lipinski definition) is 6. The van der Waals surface area contributed by atoms with Crippen LogP contribution in [0, 0.1) is 0 Å². The van der Waals surface area contributed by atoms with E-state index in [1.165, 1.54) is 17.2 Å². The number of phenols is 2. The third kappa shape index (κ3) is 3.94. The van der Waals surface area contributed by atoms with Gasteiger partial charge in [-0.25, -0.2) is 4.98 Å². The number of phenolic OH excluding ortho intramolecular Hbond substituents is 2. The first-order chi connectivity index (χ1) is 16.4. The number of rotatable bonds is 5. The number of oxime groups is 1. The van der Waals surface area contributed by atoms with Gasteiger partial charge in [0.2, 0.25) is 0 Å². The smallest absolute Gasteiger partial charge is 0.168 e. The normalized spacial score (nSPS) is 20.3. The molecule has 2 aromatic carbocycles. The molecule has 2 aliphatic heterocycles. The Balaban J connectivity index is 1.61. The molecule has 3 heterocycles. The summed E-state index contributed by atoms with van der Waals surface area (Å²) >= 11 is 0. The first-order valence-electron chi connectivity index (χ1n) is 12.0. The van der Waals surface area contributed by atoms with Gasteiger partial charge in [-0.2, -0.15) is 0 Å². The van der Waals surface area contributed by atoms with E-state index in [0.717, 1.165) is 48.5 Å². The van der Waals surface area contributed by atoms with Gasteiger partial charge in [0.25, 0.3) is 0 Å². The molecule has 2 atom stereocenters. The predicted octanol–water partition coefficient (Wildman–Crippen LogP) is 4.75. The van der Waals surface area contributed by atoms with E-state index in [2.05, 4.69) is 52.2 Å². The Labute approximate surface area is 200 Å². The number of H-pyrrole nitrogens is 1. The molecule has 2 unspecified atom stereocenters. The molecule has 178 valence electrons. The molecule has 0 fully saturated rings. The lowest BCUT2D eigenvalue weighted by atomic mass is 9.82. The quantitative estimate of drug-likeness (QED) is 0.511. The van der Waals surface area contributed by atoms with Gasteiger partial charge >= 0.3 is 0 Å². The van der Waals surface area contributed by atoms with Crippen molar-refractivity contribution in [2.75, 3.05) is 13.6 Å². The summed E-state index contributed by atoms with van der Waals surface area (Å²) in [7, 11) is 2.14. The number of hydrogen-bond donors (Lipinski definition) is 3. The highest BCUT2D eigenvalue weighted by Crippen LogP contribution is 2.46. The highest BCUT2D eigenvalue weighted by atomic mass is 16.6. The summed E-state index contributed by atoms with van der Waals surface area (Å²) in [6.45, 7) is 8.07. The van der Waals surface area contributed by atoms with E-state index in [0.29, 0.717) is 11.4 Å². The van der Waals surface area contributed by atoms with Crippen LogP contribution in [0.2, 0.25) is 0 Å². The zero-order valence-corrected chi connectivity index (χ0v) is 20.2. The fraction of sp³-hybridized carbons (Fsp3) is 0.407. The van der Waals surface area contributed by atoms with E-state index in [9.17, 15) is 10.2 Å². The van der Waals surface area contributed by atoms with Crippen molar-refractivity contribution in [3.8, 4) is 11.5 Å². The number of aromatic nitrogens is 2. The molecule has 7 nitrogen and oxygen atoms in total. The van der Waals surface area contributed by atoms with Crippen LogP contribution in [0.4, 0.5) is 0 Å². The van der Waals surface area contributed by atoms with Gasteiger partial charge in [0, 0.05) is 36.6 Å². The van der Waals surface area contributed by atoms with E-state index >= 15 is 0 Å². The minimum absolute atomic E-state index is 0.00151. The van der Waals surface area contributed by atoms with Gasteiger partial charge in [0.1, 0.15) is 17.2 Å².